The summed E-state index contributed by atoms with van der Waals surface area (Å²) in [5.74, 6) is 0.867. The first-order valence-corrected chi connectivity index (χ1v) is 14.3. The molecule has 5 heterocycles. The molecule has 38 heavy (non-hydrogen) atoms. The molecule has 2 aliphatic heterocycles. The molecular weight excluding hydrogens is 516 g/mol. The van der Waals surface area contributed by atoms with E-state index in [2.05, 4.69) is 67.3 Å². The van der Waals surface area contributed by atoms with Gasteiger partial charge in [0.2, 0.25) is 5.95 Å². The van der Waals surface area contributed by atoms with E-state index in [0.29, 0.717) is 22.5 Å². The maximum atomic E-state index is 11.8. The van der Waals surface area contributed by atoms with Crippen molar-refractivity contribution < 1.29 is 9.59 Å². The number of imide groups is 1. The molecule has 3 aromatic heterocycles. The van der Waals surface area contributed by atoms with Gasteiger partial charge in [0.1, 0.15) is 0 Å². The lowest BCUT2D eigenvalue weighted by Gasteiger charge is -2.32. The van der Waals surface area contributed by atoms with Crippen molar-refractivity contribution in [2.45, 2.75) is 19.4 Å². The van der Waals surface area contributed by atoms with Gasteiger partial charge in [-0.15, -0.1) is 11.3 Å². The van der Waals surface area contributed by atoms with E-state index in [-0.39, 0.29) is 11.1 Å². The molecule has 2 N–H and O–H groups in total. The summed E-state index contributed by atoms with van der Waals surface area (Å²) >= 11 is 2.65. The number of pyridine rings is 1. The molecule has 0 spiro atoms. The van der Waals surface area contributed by atoms with Crippen LogP contribution in [0.2, 0.25) is 0 Å². The fourth-order valence-corrected chi connectivity index (χ4v) is 6.39. The molecule has 2 saturated heterocycles. The molecule has 2 fully saturated rings. The van der Waals surface area contributed by atoms with Crippen molar-refractivity contribution in [1.82, 2.24) is 25.6 Å². The Bertz CT molecular complexity index is 1510. The highest BCUT2D eigenvalue weighted by Crippen LogP contribution is 2.32. The third-order valence-corrected chi connectivity index (χ3v) is 8.60. The topological polar surface area (TPSA) is 100 Å². The largest absolute Gasteiger partial charge is 0.341 e. The van der Waals surface area contributed by atoms with Crippen molar-refractivity contribution in [1.29, 1.82) is 0 Å². The molecule has 2 aliphatic rings. The van der Waals surface area contributed by atoms with Gasteiger partial charge >= 0.3 is 0 Å². The minimum atomic E-state index is -0.378. The second kappa shape index (κ2) is 11.0. The van der Waals surface area contributed by atoms with E-state index >= 15 is 0 Å². The first-order valence-electron chi connectivity index (χ1n) is 12.6. The van der Waals surface area contributed by atoms with Crippen LogP contribution in [-0.4, -0.2) is 45.7 Å². The fourth-order valence-electron chi connectivity index (χ4n) is 4.77. The quantitative estimate of drug-likeness (QED) is 0.312. The molecule has 0 atom stereocenters. The molecule has 0 aliphatic carbocycles. The van der Waals surface area contributed by atoms with Crippen LogP contribution in [0.15, 0.2) is 65.1 Å². The second-order valence-corrected chi connectivity index (χ2v) is 11.3. The van der Waals surface area contributed by atoms with E-state index in [9.17, 15) is 9.59 Å². The van der Waals surface area contributed by atoms with Gasteiger partial charge in [-0.3, -0.25) is 19.9 Å². The summed E-state index contributed by atoms with van der Waals surface area (Å²) in [5.41, 5.74) is 4.01. The number of rotatable bonds is 7. The number of hydrogen-bond acceptors (Lipinski definition) is 9. The van der Waals surface area contributed by atoms with Gasteiger partial charge in [-0.05, 0) is 66.9 Å². The van der Waals surface area contributed by atoms with Crippen LogP contribution in [0.5, 0.6) is 0 Å². The molecule has 0 bridgehead atoms. The summed E-state index contributed by atoms with van der Waals surface area (Å²) < 4.78 is 1.28. The van der Waals surface area contributed by atoms with Gasteiger partial charge in [-0.2, -0.15) is 0 Å². The number of fused-ring (bicyclic) bond motifs is 1. The van der Waals surface area contributed by atoms with Gasteiger partial charge in [0.15, 0.2) is 0 Å². The standard InChI is InChI=1S/C28H26N6O2S2/c35-26-25(38-28(36)33-26)13-20-7-10-30-27(32-20)34-11-8-18(9-12-34)14-29-15-19-5-6-23(31-16-19)22-17-37-24-4-2-1-3-21(22)24/h1-7,10,13,16-18,29H,8-9,11-12,14-15H2,(H,33,35,36)/b25-13-. The molecule has 1 aromatic carbocycles. The lowest BCUT2D eigenvalue weighted by atomic mass is 9.97. The number of nitrogens with zero attached hydrogens (tertiary/aromatic N) is 4. The highest BCUT2D eigenvalue weighted by atomic mass is 32.2. The predicted molar refractivity (Wildman–Crippen MR) is 153 cm³/mol. The maximum Gasteiger partial charge on any atom is 0.290 e. The number of piperidine rings is 1. The van der Waals surface area contributed by atoms with Gasteiger partial charge in [0, 0.05) is 53.1 Å². The Hall–Kier alpha value is -3.60. The number of hydrogen-bond donors (Lipinski definition) is 2. The van der Waals surface area contributed by atoms with E-state index in [1.807, 2.05) is 6.20 Å². The molecule has 0 radical (unpaired) electrons. The molecule has 0 unspecified atom stereocenters. The van der Waals surface area contributed by atoms with Crippen LogP contribution in [0.25, 0.3) is 27.4 Å². The van der Waals surface area contributed by atoms with Crippen LogP contribution in [0.4, 0.5) is 10.7 Å². The third kappa shape index (κ3) is 5.47. The number of nitrogens with one attached hydrogen (secondary N) is 2. The summed E-state index contributed by atoms with van der Waals surface area (Å²) in [5, 5.41) is 8.96. The second-order valence-electron chi connectivity index (χ2n) is 9.39. The number of thioether (sulfide) groups is 1. The Morgan fingerprint density at radius 3 is 2.74 bits per heavy atom. The van der Waals surface area contributed by atoms with Gasteiger partial charge in [-0.1, -0.05) is 24.3 Å². The van der Waals surface area contributed by atoms with E-state index in [1.165, 1.54) is 21.2 Å². The van der Waals surface area contributed by atoms with Crippen LogP contribution in [0.3, 0.4) is 0 Å². The zero-order chi connectivity index (χ0) is 25.9. The van der Waals surface area contributed by atoms with E-state index in [0.717, 1.165) is 56.5 Å². The van der Waals surface area contributed by atoms with Crippen molar-refractivity contribution in [2.75, 3.05) is 24.5 Å². The lowest BCUT2D eigenvalue weighted by molar-refractivity contribution is -0.115. The minimum absolute atomic E-state index is 0.355. The number of amides is 2. The summed E-state index contributed by atoms with van der Waals surface area (Å²) in [6.07, 6.45) is 7.41. The zero-order valence-electron chi connectivity index (χ0n) is 20.6. The van der Waals surface area contributed by atoms with E-state index < -0.39 is 0 Å². The van der Waals surface area contributed by atoms with Crippen LogP contribution in [0.1, 0.15) is 24.1 Å². The summed E-state index contributed by atoms with van der Waals surface area (Å²) in [4.78, 5) is 39.5. The van der Waals surface area contributed by atoms with Crippen LogP contribution in [-0.2, 0) is 11.3 Å². The van der Waals surface area contributed by atoms with Crippen LogP contribution in [0, 0.1) is 5.92 Å². The fraction of sp³-hybridized carbons (Fsp3) is 0.250. The normalized spacial score (nSPS) is 17.5. The Balaban J connectivity index is 0.987. The van der Waals surface area contributed by atoms with Gasteiger partial charge in [0.05, 0.1) is 16.3 Å². The average molecular weight is 543 g/mol. The van der Waals surface area contributed by atoms with E-state index in [1.54, 1.807) is 29.7 Å². The van der Waals surface area contributed by atoms with Crippen molar-refractivity contribution in [3.05, 3.63) is 76.4 Å². The number of benzene rings is 1. The minimum Gasteiger partial charge on any atom is -0.341 e. The molecule has 10 heteroatoms. The van der Waals surface area contributed by atoms with Crippen molar-refractivity contribution in [3.8, 4) is 11.3 Å². The van der Waals surface area contributed by atoms with Gasteiger partial charge in [-0.25, -0.2) is 9.97 Å². The molecular formula is C28H26N6O2S2. The Morgan fingerprint density at radius 1 is 1.08 bits per heavy atom. The number of anilines is 1. The molecule has 6 rings (SSSR count). The van der Waals surface area contributed by atoms with Crippen molar-refractivity contribution in [2.24, 2.45) is 5.92 Å². The predicted octanol–water partition coefficient (Wildman–Crippen LogP) is 5.08. The van der Waals surface area contributed by atoms with Crippen LogP contribution < -0.4 is 15.5 Å². The van der Waals surface area contributed by atoms with E-state index in [4.69, 9.17) is 4.98 Å². The molecule has 8 nitrogen and oxygen atoms in total. The van der Waals surface area contributed by atoms with Crippen LogP contribution >= 0.6 is 23.1 Å². The number of thiophene rings is 1. The van der Waals surface area contributed by atoms with Gasteiger partial charge < -0.3 is 10.2 Å². The number of aromatic nitrogens is 3. The van der Waals surface area contributed by atoms with Gasteiger partial charge in [0.25, 0.3) is 11.1 Å². The van der Waals surface area contributed by atoms with Crippen molar-refractivity contribution in [3.63, 3.8) is 0 Å². The lowest BCUT2D eigenvalue weighted by Crippen LogP contribution is -2.38. The third-order valence-electron chi connectivity index (χ3n) is 6.83. The molecule has 2 amide bonds. The average Bonchev–Trinajstić information content (AvgIpc) is 3.51. The first-order chi connectivity index (χ1) is 18.6. The molecule has 4 aromatic rings. The zero-order valence-corrected chi connectivity index (χ0v) is 22.2. The molecule has 192 valence electrons. The maximum absolute atomic E-state index is 11.8. The number of carbonyl (C=O) groups is 2. The highest BCUT2D eigenvalue weighted by molar-refractivity contribution is 8.18. The van der Waals surface area contributed by atoms with Crippen molar-refractivity contribution >= 4 is 56.4 Å². The SMILES string of the molecule is O=C1NC(=O)/C(=C/c2ccnc(N3CCC(CNCc4ccc(-c5csc6ccccc56)nc4)CC3)n2)S1. The summed E-state index contributed by atoms with van der Waals surface area (Å²) in [6, 6.07) is 14.5. The molecule has 0 saturated carbocycles. The number of carbonyl (C=O) groups excluding carboxylic acids is 2. The summed E-state index contributed by atoms with van der Waals surface area (Å²) in [7, 11) is 0. The Kier molecular flexibility index (Phi) is 7.17. The Labute approximate surface area is 228 Å². The Morgan fingerprint density at radius 2 is 1.95 bits per heavy atom. The monoisotopic (exact) mass is 542 g/mol. The smallest absolute Gasteiger partial charge is 0.290 e. The first kappa shape index (κ1) is 24.7. The summed E-state index contributed by atoms with van der Waals surface area (Å²) in [6.45, 7) is 3.51. The highest BCUT2D eigenvalue weighted by Gasteiger charge is 2.25.